The molecule has 1 saturated heterocycles. The molecule has 204 valence electrons. The van der Waals surface area contributed by atoms with Gasteiger partial charge < -0.3 is 29.6 Å². The summed E-state index contributed by atoms with van der Waals surface area (Å²) in [7, 11) is 2.97. The normalized spacial score (nSPS) is 16.4. The maximum absolute atomic E-state index is 12.3. The van der Waals surface area contributed by atoms with E-state index in [4.69, 9.17) is 21.7 Å². The van der Waals surface area contributed by atoms with Crippen LogP contribution >= 0.6 is 12.2 Å². The number of non-ortho nitro benzene ring substituents is 1. The highest BCUT2D eigenvalue weighted by Gasteiger charge is 2.42. The molecule has 0 spiro atoms. The van der Waals surface area contributed by atoms with Crippen LogP contribution in [0.4, 0.5) is 17.1 Å². The quantitative estimate of drug-likeness (QED) is 0.173. The predicted molar refractivity (Wildman–Crippen MR) is 154 cm³/mol. The molecule has 1 aliphatic rings. The summed E-state index contributed by atoms with van der Waals surface area (Å²) in [5.74, 6) is 0.145. The zero-order valence-electron chi connectivity index (χ0n) is 21.7. The summed E-state index contributed by atoms with van der Waals surface area (Å²) in [4.78, 5) is 29.9. The number of anilines is 2. The molecule has 5 rings (SSSR count). The van der Waals surface area contributed by atoms with Crippen LogP contribution < -0.4 is 20.3 Å². The zero-order chi connectivity index (χ0) is 28.2. The number of nitrogens with zero attached hydrogens (tertiary/aromatic N) is 4. The maximum Gasteiger partial charge on any atom is 0.271 e. The van der Waals surface area contributed by atoms with E-state index in [1.807, 2.05) is 58.1 Å². The molecule has 3 heterocycles. The summed E-state index contributed by atoms with van der Waals surface area (Å²) in [6.45, 7) is -0.113. The Bertz CT molecular complexity index is 1560. The van der Waals surface area contributed by atoms with Crippen molar-refractivity contribution in [2.45, 2.75) is 12.1 Å². The first kappa shape index (κ1) is 26.8. The number of methoxy groups -OCH3 is 2. The van der Waals surface area contributed by atoms with E-state index < -0.39 is 11.0 Å². The molecule has 0 bridgehead atoms. The molecule has 2 N–H and O–H groups in total. The standard InChI is InChI=1S/C28H26N6O5S/c1-38-17-25(35)30-22-16-19(11-12-24(22)39-2)33-27(26(31-28(33)40)21-9-3-4-13-29-21)23-10-6-14-32(23)18-7-5-8-20(15-18)34(36)37/h3-16,26-27H,17H2,1-2H3,(H,30,35)(H,31,40)/t26-,27-/m0/s1. The van der Waals surface area contributed by atoms with Crippen molar-refractivity contribution in [3.63, 3.8) is 0 Å². The number of pyridine rings is 1. The van der Waals surface area contributed by atoms with Crippen LogP contribution in [0.3, 0.4) is 0 Å². The van der Waals surface area contributed by atoms with E-state index >= 15 is 0 Å². The zero-order valence-corrected chi connectivity index (χ0v) is 22.5. The molecule has 12 heteroatoms. The fourth-order valence-electron chi connectivity index (χ4n) is 4.82. The Labute approximate surface area is 235 Å². The van der Waals surface area contributed by atoms with E-state index in [-0.39, 0.29) is 24.2 Å². The SMILES string of the molecule is COCC(=O)Nc1cc(N2C(=S)N[C@@H](c3ccccn3)[C@@H]2c2cccn2-c2cccc([N+](=O)[O-])c2)ccc1OC. The molecule has 0 radical (unpaired) electrons. The van der Waals surface area contributed by atoms with Gasteiger partial charge in [-0.15, -0.1) is 0 Å². The number of ether oxygens (including phenoxy) is 2. The monoisotopic (exact) mass is 558 g/mol. The molecule has 40 heavy (non-hydrogen) atoms. The molecular formula is C28H26N6O5S. The average molecular weight is 559 g/mol. The van der Waals surface area contributed by atoms with Gasteiger partial charge >= 0.3 is 0 Å². The second-order valence-corrected chi connectivity index (χ2v) is 9.33. The molecule has 0 unspecified atom stereocenters. The van der Waals surface area contributed by atoms with Crippen molar-refractivity contribution >= 4 is 40.3 Å². The van der Waals surface area contributed by atoms with Gasteiger partial charge in [0, 0.05) is 43.0 Å². The van der Waals surface area contributed by atoms with Crippen molar-refractivity contribution in [3.05, 3.63) is 107 Å². The topological polar surface area (TPSA) is 124 Å². The summed E-state index contributed by atoms with van der Waals surface area (Å²) < 4.78 is 12.3. The van der Waals surface area contributed by atoms with Gasteiger partial charge in [0.1, 0.15) is 18.4 Å². The van der Waals surface area contributed by atoms with Gasteiger partial charge in [0.25, 0.3) is 5.69 Å². The Balaban J connectivity index is 1.64. The van der Waals surface area contributed by atoms with Gasteiger partial charge in [0.2, 0.25) is 5.91 Å². The molecule has 2 atom stereocenters. The number of amides is 1. The minimum absolute atomic E-state index is 0.0121. The van der Waals surface area contributed by atoms with Crippen LogP contribution in [-0.4, -0.2) is 46.3 Å². The number of nitro groups is 1. The molecule has 0 saturated carbocycles. The number of hydrogen-bond donors (Lipinski definition) is 2. The molecule has 11 nitrogen and oxygen atoms in total. The number of nitro benzene ring substituents is 1. The van der Waals surface area contributed by atoms with Gasteiger partial charge in [0.15, 0.2) is 5.11 Å². The maximum atomic E-state index is 12.3. The van der Waals surface area contributed by atoms with Crippen LogP contribution in [0.1, 0.15) is 23.5 Å². The smallest absolute Gasteiger partial charge is 0.271 e. The number of thiocarbonyl (C=S) groups is 1. The number of hydrogen-bond acceptors (Lipinski definition) is 7. The van der Waals surface area contributed by atoms with Crippen molar-refractivity contribution < 1.29 is 19.2 Å². The van der Waals surface area contributed by atoms with Crippen molar-refractivity contribution in [2.24, 2.45) is 0 Å². The van der Waals surface area contributed by atoms with Gasteiger partial charge in [-0.25, -0.2) is 0 Å². The van der Waals surface area contributed by atoms with Crippen LogP contribution in [0.15, 0.2) is 85.2 Å². The van der Waals surface area contributed by atoms with Crippen LogP contribution in [-0.2, 0) is 9.53 Å². The van der Waals surface area contributed by atoms with Gasteiger partial charge in [-0.1, -0.05) is 12.1 Å². The number of carbonyl (C=O) groups excluding carboxylic acids is 1. The largest absolute Gasteiger partial charge is 0.495 e. The highest BCUT2D eigenvalue weighted by Crippen LogP contribution is 2.44. The molecule has 1 aliphatic heterocycles. The number of aromatic nitrogens is 2. The summed E-state index contributed by atoms with van der Waals surface area (Å²) in [5.41, 5.74) is 3.37. The Morgan fingerprint density at radius 3 is 2.67 bits per heavy atom. The second kappa shape index (κ2) is 11.5. The third kappa shape index (κ3) is 5.22. The van der Waals surface area contributed by atoms with E-state index in [0.29, 0.717) is 27.9 Å². The molecule has 1 amide bonds. The van der Waals surface area contributed by atoms with Gasteiger partial charge in [0.05, 0.1) is 35.1 Å². The summed E-state index contributed by atoms with van der Waals surface area (Å²) >= 11 is 5.85. The lowest BCUT2D eigenvalue weighted by Gasteiger charge is -2.29. The predicted octanol–water partition coefficient (Wildman–Crippen LogP) is 4.55. The Morgan fingerprint density at radius 2 is 1.95 bits per heavy atom. The molecule has 4 aromatic rings. The Morgan fingerprint density at radius 1 is 1.10 bits per heavy atom. The Hall–Kier alpha value is -4.81. The van der Waals surface area contributed by atoms with Gasteiger partial charge in [-0.2, -0.15) is 0 Å². The first-order chi connectivity index (χ1) is 19.4. The Kier molecular flexibility index (Phi) is 7.71. The minimum Gasteiger partial charge on any atom is -0.495 e. The third-order valence-corrected chi connectivity index (χ3v) is 6.83. The number of nitrogens with one attached hydrogen (secondary N) is 2. The van der Waals surface area contributed by atoms with Gasteiger partial charge in [-0.05, 0) is 60.7 Å². The lowest BCUT2D eigenvalue weighted by atomic mass is 10.0. The average Bonchev–Trinajstić information content (AvgIpc) is 3.58. The van der Waals surface area contributed by atoms with E-state index in [0.717, 1.165) is 11.4 Å². The van der Waals surface area contributed by atoms with Crippen molar-refractivity contribution in [1.82, 2.24) is 14.9 Å². The van der Waals surface area contributed by atoms with E-state index in [1.165, 1.54) is 26.4 Å². The number of carbonyl (C=O) groups is 1. The first-order valence-electron chi connectivity index (χ1n) is 12.3. The lowest BCUT2D eigenvalue weighted by molar-refractivity contribution is -0.384. The van der Waals surface area contributed by atoms with E-state index in [9.17, 15) is 14.9 Å². The van der Waals surface area contributed by atoms with E-state index in [2.05, 4.69) is 15.6 Å². The van der Waals surface area contributed by atoms with Crippen LogP contribution in [0.5, 0.6) is 5.75 Å². The fraction of sp³-hybridized carbons (Fsp3) is 0.179. The highest BCUT2D eigenvalue weighted by atomic mass is 32.1. The summed E-state index contributed by atoms with van der Waals surface area (Å²) in [6, 6.07) is 20.6. The minimum atomic E-state index is -0.418. The van der Waals surface area contributed by atoms with Gasteiger partial charge in [-0.3, -0.25) is 19.9 Å². The molecule has 2 aromatic carbocycles. The van der Waals surface area contributed by atoms with Crippen LogP contribution in [0.2, 0.25) is 0 Å². The van der Waals surface area contributed by atoms with Crippen LogP contribution in [0, 0.1) is 10.1 Å². The van der Waals surface area contributed by atoms with Crippen molar-refractivity contribution in [3.8, 4) is 11.4 Å². The summed E-state index contributed by atoms with van der Waals surface area (Å²) in [6.07, 6.45) is 3.57. The lowest BCUT2D eigenvalue weighted by Crippen LogP contribution is -2.30. The van der Waals surface area contributed by atoms with Crippen molar-refractivity contribution in [1.29, 1.82) is 0 Å². The van der Waals surface area contributed by atoms with Crippen molar-refractivity contribution in [2.75, 3.05) is 31.0 Å². The molecule has 2 aromatic heterocycles. The first-order valence-corrected chi connectivity index (χ1v) is 12.7. The van der Waals surface area contributed by atoms with E-state index in [1.54, 1.807) is 24.4 Å². The highest BCUT2D eigenvalue weighted by molar-refractivity contribution is 7.80. The van der Waals surface area contributed by atoms with Crippen LogP contribution in [0.25, 0.3) is 5.69 Å². The summed E-state index contributed by atoms with van der Waals surface area (Å²) in [5, 5.41) is 18.2. The number of benzene rings is 2. The third-order valence-electron chi connectivity index (χ3n) is 6.51. The molecular weight excluding hydrogens is 532 g/mol. The molecule has 0 aliphatic carbocycles. The fourth-order valence-corrected chi connectivity index (χ4v) is 5.17. The second-order valence-electron chi connectivity index (χ2n) is 8.94. The molecule has 1 fully saturated rings. The number of rotatable bonds is 9.